The van der Waals surface area contributed by atoms with E-state index in [0.29, 0.717) is 5.92 Å². The Morgan fingerprint density at radius 1 is 1.73 bits per heavy atom. The number of fused-ring (bicyclic) bond motifs is 1. The van der Waals surface area contributed by atoms with Crippen molar-refractivity contribution in [2.24, 2.45) is 0 Å². The first-order valence-corrected chi connectivity index (χ1v) is 3.85. The van der Waals surface area contributed by atoms with Crippen LogP contribution in [0.3, 0.4) is 0 Å². The Kier molecular flexibility index (Phi) is 1.31. The van der Waals surface area contributed by atoms with Crippen LogP contribution in [0, 0.1) is 0 Å². The van der Waals surface area contributed by atoms with Gasteiger partial charge in [0.15, 0.2) is 0 Å². The maximum atomic E-state index is 11.2. The molecule has 1 atom stereocenters. The second-order valence-corrected chi connectivity index (χ2v) is 2.98. The lowest BCUT2D eigenvalue weighted by molar-refractivity contribution is 0.693. The third kappa shape index (κ3) is 0.878. The molecule has 1 unspecified atom stereocenters. The lowest BCUT2D eigenvalue weighted by Gasteiger charge is -2.01. The van der Waals surface area contributed by atoms with Gasteiger partial charge in [0.25, 0.3) is 5.56 Å². The van der Waals surface area contributed by atoms with Gasteiger partial charge >= 0.3 is 0 Å². The topological polar surface area (TPSA) is 34.9 Å². The van der Waals surface area contributed by atoms with E-state index in [9.17, 15) is 4.79 Å². The number of aromatic nitrogens is 2. The van der Waals surface area contributed by atoms with Crippen LogP contribution in [0.15, 0.2) is 17.1 Å². The van der Waals surface area contributed by atoms with Crippen molar-refractivity contribution >= 4 is 0 Å². The first kappa shape index (κ1) is 6.58. The zero-order valence-corrected chi connectivity index (χ0v) is 6.45. The number of hydrogen-bond acceptors (Lipinski definition) is 2. The summed E-state index contributed by atoms with van der Waals surface area (Å²) in [6, 6.07) is 1.52. The molecule has 58 valence electrons. The Bertz CT molecular complexity index is 329. The van der Waals surface area contributed by atoms with Gasteiger partial charge in [0.2, 0.25) is 0 Å². The van der Waals surface area contributed by atoms with E-state index >= 15 is 0 Å². The molecule has 1 aromatic rings. The van der Waals surface area contributed by atoms with Crippen molar-refractivity contribution in [2.45, 2.75) is 25.8 Å². The zero-order chi connectivity index (χ0) is 7.84. The van der Waals surface area contributed by atoms with Crippen molar-refractivity contribution in [3.05, 3.63) is 28.4 Å². The van der Waals surface area contributed by atoms with E-state index in [1.54, 1.807) is 10.8 Å². The Hall–Kier alpha value is -1.12. The lowest BCUT2D eigenvalue weighted by atomic mass is 10.1. The summed E-state index contributed by atoms with van der Waals surface area (Å²) in [7, 11) is 0. The summed E-state index contributed by atoms with van der Waals surface area (Å²) in [5, 5.41) is 0. The van der Waals surface area contributed by atoms with Crippen LogP contribution >= 0.6 is 0 Å². The van der Waals surface area contributed by atoms with Gasteiger partial charge in [-0.25, -0.2) is 4.98 Å². The number of hydrogen-bond donors (Lipinski definition) is 0. The predicted molar refractivity (Wildman–Crippen MR) is 41.5 cm³/mol. The predicted octanol–water partition coefficient (Wildman–Crippen LogP) is 0.750. The second kappa shape index (κ2) is 2.19. The number of nitrogens with zero attached hydrogens (tertiary/aromatic N) is 2. The van der Waals surface area contributed by atoms with Crippen LogP contribution in [0.1, 0.15) is 25.1 Å². The van der Waals surface area contributed by atoms with Gasteiger partial charge in [-0.1, -0.05) is 6.92 Å². The Labute approximate surface area is 64.7 Å². The highest BCUT2D eigenvalue weighted by molar-refractivity contribution is 5.03. The van der Waals surface area contributed by atoms with Crippen molar-refractivity contribution in [2.75, 3.05) is 0 Å². The van der Waals surface area contributed by atoms with Crippen molar-refractivity contribution < 1.29 is 0 Å². The summed E-state index contributed by atoms with van der Waals surface area (Å²) in [6.07, 6.45) is 2.64. The fraction of sp³-hybridized carbons (Fsp3) is 0.500. The molecule has 0 saturated carbocycles. The molecule has 0 amide bonds. The molecule has 1 aliphatic rings. The van der Waals surface area contributed by atoms with E-state index in [-0.39, 0.29) is 5.56 Å². The zero-order valence-electron chi connectivity index (χ0n) is 6.45. The van der Waals surface area contributed by atoms with Gasteiger partial charge in [0, 0.05) is 24.7 Å². The van der Waals surface area contributed by atoms with Crippen LogP contribution in [0.2, 0.25) is 0 Å². The fourth-order valence-corrected chi connectivity index (χ4v) is 1.52. The molecule has 0 aliphatic carbocycles. The molecular weight excluding hydrogens is 140 g/mol. The van der Waals surface area contributed by atoms with E-state index in [1.165, 1.54) is 6.07 Å². The molecule has 0 fully saturated rings. The van der Waals surface area contributed by atoms with Crippen molar-refractivity contribution in [3.63, 3.8) is 0 Å². The summed E-state index contributed by atoms with van der Waals surface area (Å²) in [4.78, 5) is 15.3. The largest absolute Gasteiger partial charge is 0.296 e. The average Bonchev–Trinajstić information content (AvgIpc) is 2.35. The monoisotopic (exact) mass is 150 g/mol. The minimum absolute atomic E-state index is 0.0827. The lowest BCUT2D eigenvalue weighted by Crippen LogP contribution is -2.18. The Morgan fingerprint density at radius 3 is 3.27 bits per heavy atom. The first-order chi connectivity index (χ1) is 5.29. The summed E-state index contributed by atoms with van der Waals surface area (Å²) < 4.78 is 1.75. The molecule has 0 spiro atoms. The summed E-state index contributed by atoms with van der Waals surface area (Å²) >= 11 is 0. The third-order valence-corrected chi connectivity index (χ3v) is 2.19. The summed E-state index contributed by atoms with van der Waals surface area (Å²) in [5.74, 6) is 1.39. The highest BCUT2D eigenvalue weighted by atomic mass is 16.1. The van der Waals surface area contributed by atoms with Crippen LogP contribution in [0.4, 0.5) is 0 Å². The maximum Gasteiger partial charge on any atom is 0.253 e. The van der Waals surface area contributed by atoms with E-state index in [0.717, 1.165) is 18.8 Å². The smallest absolute Gasteiger partial charge is 0.253 e. The SMILES string of the molecule is CC1CCn2c1nccc2=O. The van der Waals surface area contributed by atoms with Crippen molar-refractivity contribution in [3.8, 4) is 0 Å². The minimum atomic E-state index is 0.0827. The molecule has 11 heavy (non-hydrogen) atoms. The molecule has 2 rings (SSSR count). The summed E-state index contributed by atoms with van der Waals surface area (Å²) in [5.41, 5.74) is 0.0827. The van der Waals surface area contributed by atoms with Gasteiger partial charge < -0.3 is 0 Å². The van der Waals surface area contributed by atoms with Crippen molar-refractivity contribution in [1.82, 2.24) is 9.55 Å². The van der Waals surface area contributed by atoms with Crippen LogP contribution < -0.4 is 5.56 Å². The molecule has 0 saturated heterocycles. The number of rotatable bonds is 0. The molecule has 0 N–H and O–H groups in total. The Morgan fingerprint density at radius 2 is 2.55 bits per heavy atom. The van der Waals surface area contributed by atoms with Crippen LogP contribution in [0.5, 0.6) is 0 Å². The van der Waals surface area contributed by atoms with E-state index in [1.807, 2.05) is 0 Å². The first-order valence-electron chi connectivity index (χ1n) is 3.85. The van der Waals surface area contributed by atoms with Crippen LogP contribution in [0.25, 0.3) is 0 Å². The van der Waals surface area contributed by atoms with Crippen LogP contribution in [-0.2, 0) is 6.54 Å². The van der Waals surface area contributed by atoms with Crippen LogP contribution in [-0.4, -0.2) is 9.55 Å². The van der Waals surface area contributed by atoms with Crippen molar-refractivity contribution in [1.29, 1.82) is 0 Å². The summed E-state index contributed by atoms with van der Waals surface area (Å²) in [6.45, 7) is 2.94. The maximum absolute atomic E-state index is 11.2. The van der Waals surface area contributed by atoms with Gasteiger partial charge in [-0.3, -0.25) is 9.36 Å². The molecule has 0 aromatic carbocycles. The second-order valence-electron chi connectivity index (χ2n) is 2.98. The van der Waals surface area contributed by atoms with Gasteiger partial charge in [-0.05, 0) is 6.42 Å². The van der Waals surface area contributed by atoms with Gasteiger partial charge in [0.1, 0.15) is 5.82 Å². The van der Waals surface area contributed by atoms with E-state index < -0.39 is 0 Å². The van der Waals surface area contributed by atoms with E-state index in [4.69, 9.17) is 0 Å². The fourth-order valence-electron chi connectivity index (χ4n) is 1.52. The van der Waals surface area contributed by atoms with Gasteiger partial charge in [-0.15, -0.1) is 0 Å². The highest BCUT2D eigenvalue weighted by Crippen LogP contribution is 2.22. The molecule has 0 bridgehead atoms. The molecule has 1 aromatic heterocycles. The van der Waals surface area contributed by atoms with Gasteiger partial charge in [-0.2, -0.15) is 0 Å². The average molecular weight is 150 g/mol. The third-order valence-electron chi connectivity index (χ3n) is 2.19. The molecular formula is C8H10N2O. The molecule has 3 nitrogen and oxygen atoms in total. The molecule has 2 heterocycles. The quantitative estimate of drug-likeness (QED) is 0.547. The molecule has 0 radical (unpaired) electrons. The molecule has 1 aliphatic heterocycles. The normalized spacial score (nSPS) is 21.7. The standard InChI is InChI=1S/C8H10N2O/c1-6-3-5-10-7(11)2-4-9-8(6)10/h2,4,6H,3,5H2,1H3. The van der Waals surface area contributed by atoms with Gasteiger partial charge in [0.05, 0.1) is 0 Å². The molecule has 3 heteroatoms. The highest BCUT2D eigenvalue weighted by Gasteiger charge is 2.19. The van der Waals surface area contributed by atoms with E-state index in [2.05, 4.69) is 11.9 Å². The Balaban J connectivity index is 2.66. The minimum Gasteiger partial charge on any atom is -0.296 e.